The molecule has 1 aromatic carbocycles. The minimum absolute atomic E-state index is 0.0199. The van der Waals surface area contributed by atoms with Gasteiger partial charge in [0, 0.05) is 31.2 Å². The number of aliphatic carboxylic acids is 1. The molecule has 2 saturated heterocycles. The zero-order chi connectivity index (χ0) is 19.1. The zero-order valence-corrected chi connectivity index (χ0v) is 15.3. The van der Waals surface area contributed by atoms with Crippen molar-refractivity contribution in [1.82, 2.24) is 9.80 Å². The summed E-state index contributed by atoms with van der Waals surface area (Å²) in [6, 6.07) is 3.77. The molecule has 2 aliphatic rings. The lowest BCUT2D eigenvalue weighted by Crippen LogP contribution is -2.60. The Bertz CT molecular complexity index is 838. The van der Waals surface area contributed by atoms with Gasteiger partial charge in [0.2, 0.25) is 0 Å². The smallest absolute Gasteiger partial charge is 0.304 e. The molecule has 1 amide bonds. The lowest BCUT2D eigenvalue weighted by molar-refractivity contribution is -0.137. The standard InChI is InChI=1S/C17H22N2O6S/c1-11-2-3-12(8-15(11)20)17(23)19-7-6-18(5-4-16(21)22)13-9-26(24,25)10-14(13)19/h2-3,8,13-14,20H,4-7,9-10H2,1H3,(H,21,22)/t13-,14+/m1/s1. The van der Waals surface area contributed by atoms with E-state index in [0.29, 0.717) is 24.2 Å². The number of amides is 1. The molecule has 8 nitrogen and oxygen atoms in total. The highest BCUT2D eigenvalue weighted by molar-refractivity contribution is 7.91. The van der Waals surface area contributed by atoms with Crippen LogP contribution in [0, 0.1) is 6.92 Å². The molecule has 2 atom stereocenters. The zero-order valence-electron chi connectivity index (χ0n) is 14.5. The number of phenols is 1. The molecule has 0 spiro atoms. The number of hydrogen-bond donors (Lipinski definition) is 2. The molecule has 0 unspecified atom stereocenters. The lowest BCUT2D eigenvalue weighted by Gasteiger charge is -2.43. The normalized spacial score (nSPS) is 25.0. The van der Waals surface area contributed by atoms with E-state index in [9.17, 15) is 23.1 Å². The fraction of sp³-hybridized carbons (Fsp3) is 0.529. The number of piperazine rings is 1. The van der Waals surface area contributed by atoms with Crippen LogP contribution in [0.2, 0.25) is 0 Å². The highest BCUT2D eigenvalue weighted by Gasteiger charge is 2.48. The highest BCUT2D eigenvalue weighted by Crippen LogP contribution is 2.29. The largest absolute Gasteiger partial charge is 0.508 e. The lowest BCUT2D eigenvalue weighted by atomic mass is 10.0. The Labute approximate surface area is 151 Å². The predicted octanol–water partition coefficient (Wildman–Crippen LogP) is 0.0987. The van der Waals surface area contributed by atoms with Crippen molar-refractivity contribution in [2.45, 2.75) is 25.4 Å². The van der Waals surface area contributed by atoms with Crippen LogP contribution in [-0.4, -0.2) is 83.5 Å². The molecule has 1 aromatic rings. The summed E-state index contributed by atoms with van der Waals surface area (Å²) in [6.07, 6.45) is -0.0664. The molecule has 0 bridgehead atoms. The molecule has 2 heterocycles. The van der Waals surface area contributed by atoms with Crippen LogP contribution in [0.15, 0.2) is 18.2 Å². The summed E-state index contributed by atoms with van der Waals surface area (Å²) in [6.45, 7) is 2.74. The minimum atomic E-state index is -3.30. The Morgan fingerprint density at radius 1 is 1.19 bits per heavy atom. The number of benzene rings is 1. The number of carboxylic acids is 1. The number of carbonyl (C=O) groups is 2. The van der Waals surface area contributed by atoms with Crippen LogP contribution in [0.1, 0.15) is 22.3 Å². The average Bonchev–Trinajstić information content (AvgIpc) is 2.89. The van der Waals surface area contributed by atoms with Gasteiger partial charge in [0.1, 0.15) is 5.75 Å². The van der Waals surface area contributed by atoms with Crippen LogP contribution < -0.4 is 0 Å². The Balaban J connectivity index is 1.84. The van der Waals surface area contributed by atoms with Crippen molar-refractivity contribution >= 4 is 21.7 Å². The molecule has 0 radical (unpaired) electrons. The third-order valence-corrected chi connectivity index (χ3v) is 6.82. The van der Waals surface area contributed by atoms with Gasteiger partial charge in [-0.2, -0.15) is 0 Å². The number of hydrogen-bond acceptors (Lipinski definition) is 6. The summed E-state index contributed by atoms with van der Waals surface area (Å²) in [5, 5.41) is 18.7. The van der Waals surface area contributed by atoms with E-state index in [4.69, 9.17) is 5.11 Å². The third kappa shape index (κ3) is 3.68. The van der Waals surface area contributed by atoms with Crippen molar-refractivity contribution in [3.8, 4) is 5.75 Å². The monoisotopic (exact) mass is 382 g/mol. The Hall–Kier alpha value is -2.13. The summed E-state index contributed by atoms with van der Waals surface area (Å²) in [7, 11) is -3.30. The highest BCUT2D eigenvalue weighted by atomic mass is 32.2. The van der Waals surface area contributed by atoms with Crippen molar-refractivity contribution < 1.29 is 28.2 Å². The Morgan fingerprint density at radius 3 is 2.54 bits per heavy atom. The van der Waals surface area contributed by atoms with E-state index in [1.165, 1.54) is 6.07 Å². The topological polar surface area (TPSA) is 115 Å². The molecule has 0 aliphatic carbocycles. The second-order valence-electron chi connectivity index (χ2n) is 6.89. The third-order valence-electron chi connectivity index (χ3n) is 5.12. The number of aryl methyl sites for hydroxylation is 1. The van der Waals surface area contributed by atoms with E-state index in [1.807, 2.05) is 4.90 Å². The number of phenolic OH excluding ortho intramolecular Hbond substituents is 1. The first-order chi connectivity index (χ1) is 12.2. The van der Waals surface area contributed by atoms with Crippen LogP contribution in [0.5, 0.6) is 5.75 Å². The molecular weight excluding hydrogens is 360 g/mol. The molecule has 2 N–H and O–H groups in total. The van der Waals surface area contributed by atoms with E-state index < -0.39 is 27.9 Å². The first-order valence-electron chi connectivity index (χ1n) is 8.45. The SMILES string of the molecule is Cc1ccc(C(=O)N2CCN(CCC(=O)O)[C@@H]3CS(=O)(=O)C[C@@H]32)cc1O. The van der Waals surface area contributed by atoms with Crippen LogP contribution in [0.4, 0.5) is 0 Å². The van der Waals surface area contributed by atoms with Crippen molar-refractivity contribution in [3.05, 3.63) is 29.3 Å². The predicted molar refractivity (Wildman–Crippen MR) is 93.9 cm³/mol. The Kier molecular flexibility index (Phi) is 4.94. The van der Waals surface area contributed by atoms with E-state index in [-0.39, 0.29) is 36.1 Å². The number of fused-ring (bicyclic) bond motifs is 1. The molecule has 0 aromatic heterocycles. The fourth-order valence-electron chi connectivity index (χ4n) is 3.70. The van der Waals surface area contributed by atoms with Gasteiger partial charge in [0.05, 0.1) is 24.0 Å². The van der Waals surface area contributed by atoms with Crippen molar-refractivity contribution in [1.29, 1.82) is 0 Å². The van der Waals surface area contributed by atoms with Gasteiger partial charge in [0.25, 0.3) is 5.91 Å². The average molecular weight is 382 g/mol. The molecule has 9 heteroatoms. The maximum Gasteiger partial charge on any atom is 0.304 e. The summed E-state index contributed by atoms with van der Waals surface area (Å²) in [5.41, 5.74) is 0.969. The molecule has 3 rings (SSSR count). The number of sulfone groups is 1. The first kappa shape index (κ1) is 18.7. The van der Waals surface area contributed by atoms with E-state index in [1.54, 1.807) is 24.0 Å². The van der Waals surface area contributed by atoms with Crippen LogP contribution in [0.3, 0.4) is 0 Å². The van der Waals surface area contributed by atoms with Gasteiger partial charge in [-0.1, -0.05) is 6.07 Å². The summed E-state index contributed by atoms with van der Waals surface area (Å²) in [5.74, 6) is -1.42. The first-order valence-corrected chi connectivity index (χ1v) is 10.3. The molecule has 142 valence electrons. The van der Waals surface area contributed by atoms with Crippen LogP contribution in [0.25, 0.3) is 0 Å². The molecule has 2 fully saturated rings. The summed E-state index contributed by atoms with van der Waals surface area (Å²) in [4.78, 5) is 27.2. The van der Waals surface area contributed by atoms with Gasteiger partial charge in [-0.15, -0.1) is 0 Å². The van der Waals surface area contributed by atoms with Crippen LogP contribution >= 0.6 is 0 Å². The maximum absolute atomic E-state index is 12.9. The van der Waals surface area contributed by atoms with E-state index >= 15 is 0 Å². The van der Waals surface area contributed by atoms with Crippen molar-refractivity contribution in [3.63, 3.8) is 0 Å². The van der Waals surface area contributed by atoms with Crippen molar-refractivity contribution in [2.24, 2.45) is 0 Å². The van der Waals surface area contributed by atoms with Gasteiger partial charge in [-0.05, 0) is 24.6 Å². The number of nitrogens with zero attached hydrogens (tertiary/aromatic N) is 2. The summed E-state index contributed by atoms with van der Waals surface area (Å²) >= 11 is 0. The van der Waals surface area contributed by atoms with Gasteiger partial charge in [0.15, 0.2) is 9.84 Å². The van der Waals surface area contributed by atoms with E-state index in [2.05, 4.69) is 0 Å². The van der Waals surface area contributed by atoms with Gasteiger partial charge in [-0.3, -0.25) is 14.5 Å². The number of rotatable bonds is 4. The number of carboxylic acid groups (broad SMARTS) is 1. The second kappa shape index (κ2) is 6.88. The van der Waals surface area contributed by atoms with Gasteiger partial charge >= 0.3 is 5.97 Å². The molecular formula is C17H22N2O6S. The number of aromatic hydroxyl groups is 1. The minimum Gasteiger partial charge on any atom is -0.508 e. The quantitative estimate of drug-likeness (QED) is 0.759. The van der Waals surface area contributed by atoms with Gasteiger partial charge in [-0.25, -0.2) is 8.42 Å². The molecule has 0 saturated carbocycles. The second-order valence-corrected chi connectivity index (χ2v) is 9.04. The number of carbonyl (C=O) groups excluding carboxylic acids is 1. The maximum atomic E-state index is 12.9. The van der Waals surface area contributed by atoms with Crippen LogP contribution in [-0.2, 0) is 14.6 Å². The fourth-order valence-corrected chi connectivity index (χ4v) is 5.71. The Morgan fingerprint density at radius 2 is 1.88 bits per heavy atom. The molecule has 26 heavy (non-hydrogen) atoms. The summed E-state index contributed by atoms with van der Waals surface area (Å²) < 4.78 is 24.3. The van der Waals surface area contributed by atoms with Crippen molar-refractivity contribution in [2.75, 3.05) is 31.1 Å². The molecule has 2 aliphatic heterocycles. The van der Waals surface area contributed by atoms with Gasteiger partial charge < -0.3 is 15.1 Å². The van der Waals surface area contributed by atoms with E-state index in [0.717, 1.165) is 0 Å².